The predicted molar refractivity (Wildman–Crippen MR) is 177 cm³/mol. The number of alkyl halides is 3. The average Bonchev–Trinajstić information content (AvgIpc) is 3.46. The minimum absolute atomic E-state index is 0.0447. The molecule has 1 aromatic heterocycles. The average molecular weight is 742 g/mol. The van der Waals surface area contributed by atoms with Gasteiger partial charge in [-0.1, -0.05) is 49.7 Å². The number of Topliss-reactive ketones (excluding diaryl/α,β-unsaturated/α-hetero) is 1. The first-order valence-corrected chi connectivity index (χ1v) is 16.4. The van der Waals surface area contributed by atoms with Crippen LogP contribution in [0.25, 0.3) is 0 Å². The molecule has 0 aliphatic carbocycles. The molecule has 50 heavy (non-hydrogen) atoms. The van der Waals surface area contributed by atoms with E-state index in [9.17, 15) is 41.5 Å². The monoisotopic (exact) mass is 741 g/mol. The Morgan fingerprint density at radius 1 is 0.880 bits per heavy atom. The number of hydrogen-bond acceptors (Lipinski definition) is 8. The first kappa shape index (κ1) is 39.9. The highest BCUT2D eigenvalue weighted by molar-refractivity contribution is 7.18. The summed E-state index contributed by atoms with van der Waals surface area (Å²) in [5.41, 5.74) is -0.408. The molecule has 3 amide bonds. The summed E-state index contributed by atoms with van der Waals surface area (Å²) < 4.78 is 65.2. The van der Waals surface area contributed by atoms with E-state index >= 15 is 0 Å². The molecule has 1 heterocycles. The van der Waals surface area contributed by atoms with E-state index in [1.807, 2.05) is 0 Å². The lowest BCUT2D eigenvalue weighted by molar-refractivity contribution is -0.175. The molecule has 16 heteroatoms. The second-order valence-corrected chi connectivity index (χ2v) is 14.2. The van der Waals surface area contributed by atoms with E-state index in [-0.39, 0.29) is 22.6 Å². The zero-order valence-corrected chi connectivity index (χ0v) is 29.2. The standard InChI is InChI=1S/C34H36ClF4N3O7S/c1-18(2)27(29(44)34(37,38)39)41-32(47)28(20-9-11-22(12-10-20)48-17-26(43)49-33(3,4)5)42-30(45)23(16-19-7-6-8-21(36)15-19)40-31(46)24-13-14-25(35)50-24/h6-15,18,23,27-28H,16-17H2,1-5H3,(H,40,46)(H,41,47)(H,42,45). The van der Waals surface area contributed by atoms with Crippen molar-refractivity contribution in [2.24, 2.45) is 5.92 Å². The summed E-state index contributed by atoms with van der Waals surface area (Å²) in [6, 6.07) is 8.33. The fourth-order valence-electron chi connectivity index (χ4n) is 4.54. The van der Waals surface area contributed by atoms with Gasteiger partial charge in [0.2, 0.25) is 11.8 Å². The Bertz CT molecular complexity index is 1690. The van der Waals surface area contributed by atoms with Crippen LogP contribution in [0.2, 0.25) is 4.34 Å². The summed E-state index contributed by atoms with van der Waals surface area (Å²) in [6.07, 6.45) is -5.51. The summed E-state index contributed by atoms with van der Waals surface area (Å²) in [5.74, 6) is -7.13. The van der Waals surface area contributed by atoms with Crippen LogP contribution >= 0.6 is 22.9 Å². The number of rotatable bonds is 14. The van der Waals surface area contributed by atoms with Gasteiger partial charge < -0.3 is 25.4 Å². The van der Waals surface area contributed by atoms with Crippen molar-refractivity contribution in [3.05, 3.63) is 86.8 Å². The lowest BCUT2D eigenvalue weighted by atomic mass is 9.97. The number of thiophene rings is 1. The van der Waals surface area contributed by atoms with E-state index in [1.54, 1.807) is 20.8 Å². The molecule has 3 rings (SSSR count). The van der Waals surface area contributed by atoms with E-state index in [4.69, 9.17) is 21.1 Å². The van der Waals surface area contributed by atoms with Crippen LogP contribution in [-0.4, -0.2) is 59.9 Å². The molecular formula is C34H36ClF4N3O7S. The number of carbonyl (C=O) groups is 5. The number of hydrogen-bond donors (Lipinski definition) is 3. The normalized spacial score (nSPS) is 13.5. The van der Waals surface area contributed by atoms with Gasteiger partial charge in [0.1, 0.15) is 29.3 Å². The molecule has 0 radical (unpaired) electrons. The van der Waals surface area contributed by atoms with Gasteiger partial charge in [-0.3, -0.25) is 19.2 Å². The third-order valence-corrected chi connectivity index (χ3v) is 8.04. The van der Waals surface area contributed by atoms with Gasteiger partial charge in [-0.25, -0.2) is 9.18 Å². The van der Waals surface area contributed by atoms with Crippen LogP contribution < -0.4 is 20.7 Å². The highest BCUT2D eigenvalue weighted by Gasteiger charge is 2.45. The van der Waals surface area contributed by atoms with Crippen LogP contribution in [0.4, 0.5) is 17.6 Å². The van der Waals surface area contributed by atoms with Crippen LogP contribution in [0.3, 0.4) is 0 Å². The number of ether oxygens (including phenoxy) is 2. The lowest BCUT2D eigenvalue weighted by Gasteiger charge is -2.27. The van der Waals surface area contributed by atoms with Crippen LogP contribution in [0, 0.1) is 11.7 Å². The van der Waals surface area contributed by atoms with Crippen LogP contribution in [-0.2, 0) is 30.3 Å². The van der Waals surface area contributed by atoms with Crippen LogP contribution in [0.5, 0.6) is 5.75 Å². The molecule has 0 aliphatic heterocycles. The largest absolute Gasteiger partial charge is 0.482 e. The smallest absolute Gasteiger partial charge is 0.452 e. The molecule has 270 valence electrons. The lowest BCUT2D eigenvalue weighted by Crippen LogP contribution is -2.55. The van der Waals surface area contributed by atoms with Crippen molar-refractivity contribution in [3.63, 3.8) is 0 Å². The summed E-state index contributed by atoms with van der Waals surface area (Å²) in [6.45, 7) is 7.19. The fourth-order valence-corrected chi connectivity index (χ4v) is 5.48. The third-order valence-electron chi connectivity index (χ3n) is 6.81. The Kier molecular flexibility index (Phi) is 13.5. The number of carbonyl (C=O) groups excluding carboxylic acids is 5. The zero-order chi connectivity index (χ0) is 37.4. The van der Waals surface area contributed by atoms with Crippen molar-refractivity contribution in [1.82, 2.24) is 16.0 Å². The minimum atomic E-state index is -5.26. The Morgan fingerprint density at radius 3 is 2.08 bits per heavy atom. The van der Waals surface area contributed by atoms with Crippen molar-refractivity contribution in [2.75, 3.05) is 6.61 Å². The molecule has 3 N–H and O–H groups in total. The quantitative estimate of drug-likeness (QED) is 0.142. The zero-order valence-electron chi connectivity index (χ0n) is 27.7. The second-order valence-electron chi connectivity index (χ2n) is 12.4. The fraction of sp³-hybridized carbons (Fsp3) is 0.382. The number of amides is 3. The predicted octanol–water partition coefficient (Wildman–Crippen LogP) is 5.73. The number of halogens is 5. The summed E-state index contributed by atoms with van der Waals surface area (Å²) in [7, 11) is 0. The Morgan fingerprint density at radius 2 is 1.54 bits per heavy atom. The van der Waals surface area contributed by atoms with Crippen molar-refractivity contribution >= 4 is 52.4 Å². The second kappa shape index (κ2) is 16.9. The molecule has 0 bridgehead atoms. The third kappa shape index (κ3) is 12.1. The Labute approximate surface area is 294 Å². The van der Waals surface area contributed by atoms with Crippen molar-refractivity contribution in [2.45, 2.75) is 70.9 Å². The van der Waals surface area contributed by atoms with Crippen molar-refractivity contribution in [3.8, 4) is 5.75 Å². The molecule has 0 spiro atoms. The van der Waals surface area contributed by atoms with Gasteiger partial charge in [-0.05, 0) is 74.2 Å². The van der Waals surface area contributed by atoms with Crippen LogP contribution in [0.15, 0.2) is 60.7 Å². The van der Waals surface area contributed by atoms with Crippen molar-refractivity contribution in [1.29, 1.82) is 0 Å². The minimum Gasteiger partial charge on any atom is -0.482 e. The molecule has 3 atom stereocenters. The summed E-state index contributed by atoms with van der Waals surface area (Å²) >= 11 is 6.89. The van der Waals surface area contributed by atoms with E-state index in [0.717, 1.165) is 17.4 Å². The van der Waals surface area contributed by atoms with Crippen LogP contribution in [0.1, 0.15) is 61.5 Å². The van der Waals surface area contributed by atoms with Gasteiger partial charge in [-0.2, -0.15) is 13.2 Å². The first-order chi connectivity index (χ1) is 23.2. The molecule has 2 aromatic carbocycles. The molecule has 0 saturated heterocycles. The summed E-state index contributed by atoms with van der Waals surface area (Å²) in [4.78, 5) is 64.9. The topological polar surface area (TPSA) is 140 Å². The SMILES string of the molecule is CC(C)C(NC(=O)C(NC(=O)C(Cc1cccc(F)c1)NC(=O)c1ccc(Cl)s1)c1ccc(OCC(=O)OC(C)(C)C)cc1)C(=O)C(F)(F)F. The maximum Gasteiger partial charge on any atom is 0.452 e. The first-order valence-electron chi connectivity index (χ1n) is 15.2. The highest BCUT2D eigenvalue weighted by atomic mass is 35.5. The van der Waals surface area contributed by atoms with E-state index < -0.39 is 77.7 Å². The molecule has 3 unspecified atom stereocenters. The van der Waals surface area contributed by atoms with Gasteiger partial charge in [0, 0.05) is 6.42 Å². The Hall–Kier alpha value is -4.50. The number of benzene rings is 2. The van der Waals surface area contributed by atoms with E-state index in [0.29, 0.717) is 9.90 Å². The van der Waals surface area contributed by atoms with Gasteiger partial charge >= 0.3 is 12.1 Å². The van der Waals surface area contributed by atoms with E-state index in [2.05, 4.69) is 16.0 Å². The highest BCUT2D eigenvalue weighted by Crippen LogP contribution is 2.25. The summed E-state index contributed by atoms with van der Waals surface area (Å²) in [5, 5.41) is 7.10. The van der Waals surface area contributed by atoms with Crippen molar-refractivity contribution < 1.29 is 51.0 Å². The number of ketones is 1. The van der Waals surface area contributed by atoms with E-state index in [1.165, 1.54) is 68.4 Å². The molecule has 3 aromatic rings. The molecular weight excluding hydrogens is 706 g/mol. The number of nitrogens with one attached hydrogen (secondary N) is 3. The van der Waals surface area contributed by atoms with Gasteiger partial charge in [0.15, 0.2) is 6.61 Å². The molecule has 0 fully saturated rings. The maximum atomic E-state index is 14.0. The van der Waals surface area contributed by atoms with Gasteiger partial charge in [0.05, 0.1) is 15.3 Å². The van der Waals surface area contributed by atoms with Gasteiger partial charge in [-0.15, -0.1) is 11.3 Å². The molecule has 0 aliphatic rings. The Balaban J connectivity index is 1.95. The van der Waals surface area contributed by atoms with Gasteiger partial charge in [0.25, 0.3) is 11.7 Å². The maximum absolute atomic E-state index is 14.0. The number of esters is 1. The molecule has 0 saturated carbocycles. The molecule has 10 nitrogen and oxygen atoms in total.